The van der Waals surface area contributed by atoms with Gasteiger partial charge in [0.15, 0.2) is 0 Å². The first kappa shape index (κ1) is 12.8. The number of allylic oxidation sites excluding steroid dienone is 1. The Morgan fingerprint density at radius 2 is 2.06 bits per heavy atom. The van der Waals surface area contributed by atoms with Gasteiger partial charge >= 0.3 is 0 Å². The van der Waals surface area contributed by atoms with Gasteiger partial charge in [0.25, 0.3) is 5.91 Å². The van der Waals surface area contributed by atoms with Crippen LogP contribution in [0.3, 0.4) is 0 Å². The smallest absolute Gasteiger partial charge is 0.262 e. The van der Waals surface area contributed by atoms with Gasteiger partial charge in [-0.15, -0.1) is 0 Å². The molecule has 0 aliphatic carbocycles. The zero-order chi connectivity index (χ0) is 12.0. The second-order valence-corrected chi connectivity index (χ2v) is 4.00. The Bertz CT molecular complexity index is 385. The zero-order valence-electron chi connectivity index (χ0n) is 9.29. The first-order valence-electron chi connectivity index (χ1n) is 4.98. The fourth-order valence-electron chi connectivity index (χ4n) is 1.14. The van der Waals surface area contributed by atoms with E-state index < -0.39 is 0 Å². The van der Waals surface area contributed by atoms with E-state index in [0.717, 1.165) is 17.9 Å². The quantitative estimate of drug-likeness (QED) is 0.861. The number of methoxy groups -OCH3 is 1. The van der Waals surface area contributed by atoms with E-state index in [-0.39, 0.29) is 5.91 Å². The van der Waals surface area contributed by atoms with Crippen molar-refractivity contribution in [1.29, 1.82) is 0 Å². The van der Waals surface area contributed by atoms with Gasteiger partial charge in [0.2, 0.25) is 0 Å². The molecule has 1 rings (SSSR count). The summed E-state index contributed by atoms with van der Waals surface area (Å²) in [6.07, 6.45) is 2.63. The maximum Gasteiger partial charge on any atom is 0.262 e. The standard InChI is InChI=1S/C12H14BrNO2/c1-3-4-11(13)12(15)14-9-5-7-10(16-2)8-6-9/h4-8H,3H2,1-2H3,(H,14,15)/b11-4-. The van der Waals surface area contributed by atoms with Crippen LogP contribution in [0.1, 0.15) is 13.3 Å². The van der Waals surface area contributed by atoms with Gasteiger partial charge in [-0.05, 0) is 46.6 Å². The highest BCUT2D eigenvalue weighted by Crippen LogP contribution is 2.16. The Kier molecular flexibility index (Phi) is 5.05. The topological polar surface area (TPSA) is 38.3 Å². The predicted molar refractivity (Wildman–Crippen MR) is 68.9 cm³/mol. The molecule has 3 nitrogen and oxygen atoms in total. The molecule has 0 saturated heterocycles. The molecule has 0 spiro atoms. The molecule has 1 N–H and O–H groups in total. The Balaban J connectivity index is 2.66. The highest BCUT2D eigenvalue weighted by atomic mass is 79.9. The van der Waals surface area contributed by atoms with Crippen molar-refractivity contribution in [3.63, 3.8) is 0 Å². The first-order valence-corrected chi connectivity index (χ1v) is 5.77. The number of amides is 1. The minimum atomic E-state index is -0.146. The number of hydrogen-bond acceptors (Lipinski definition) is 2. The maximum atomic E-state index is 11.6. The lowest BCUT2D eigenvalue weighted by Gasteiger charge is -2.05. The molecule has 0 aromatic heterocycles. The number of carbonyl (C=O) groups is 1. The Morgan fingerprint density at radius 1 is 1.44 bits per heavy atom. The lowest BCUT2D eigenvalue weighted by atomic mass is 10.3. The molecular weight excluding hydrogens is 270 g/mol. The highest BCUT2D eigenvalue weighted by Gasteiger charge is 2.05. The van der Waals surface area contributed by atoms with Crippen LogP contribution in [0.15, 0.2) is 34.8 Å². The van der Waals surface area contributed by atoms with Gasteiger partial charge in [-0.25, -0.2) is 0 Å². The van der Waals surface area contributed by atoms with Crippen molar-refractivity contribution in [3.05, 3.63) is 34.8 Å². The third-order valence-corrected chi connectivity index (χ3v) is 2.63. The number of benzene rings is 1. The molecule has 0 atom stereocenters. The molecule has 0 radical (unpaired) electrons. The number of nitrogens with one attached hydrogen (secondary N) is 1. The minimum absolute atomic E-state index is 0.146. The van der Waals surface area contributed by atoms with Crippen molar-refractivity contribution in [2.75, 3.05) is 12.4 Å². The largest absolute Gasteiger partial charge is 0.497 e. The third-order valence-electron chi connectivity index (χ3n) is 1.95. The molecule has 1 aromatic rings. The molecular formula is C12H14BrNO2. The van der Waals surface area contributed by atoms with Gasteiger partial charge in [0.1, 0.15) is 5.75 Å². The second kappa shape index (κ2) is 6.33. The van der Waals surface area contributed by atoms with Crippen molar-refractivity contribution in [2.45, 2.75) is 13.3 Å². The van der Waals surface area contributed by atoms with Gasteiger partial charge in [-0.3, -0.25) is 4.79 Å². The van der Waals surface area contributed by atoms with E-state index >= 15 is 0 Å². The SMILES string of the molecule is CC/C=C(\Br)C(=O)Nc1ccc(OC)cc1. The van der Waals surface area contributed by atoms with Gasteiger partial charge in [0.05, 0.1) is 11.6 Å². The van der Waals surface area contributed by atoms with Crippen LogP contribution in [0.5, 0.6) is 5.75 Å². The average molecular weight is 284 g/mol. The van der Waals surface area contributed by atoms with Crippen LogP contribution in [-0.4, -0.2) is 13.0 Å². The molecule has 1 amide bonds. The van der Waals surface area contributed by atoms with Crippen LogP contribution in [0.2, 0.25) is 0 Å². The molecule has 0 heterocycles. The van der Waals surface area contributed by atoms with Gasteiger partial charge < -0.3 is 10.1 Å². The summed E-state index contributed by atoms with van der Waals surface area (Å²) in [5.41, 5.74) is 0.743. The molecule has 0 saturated carbocycles. The summed E-state index contributed by atoms with van der Waals surface area (Å²) in [7, 11) is 1.61. The van der Waals surface area contributed by atoms with Crippen molar-refractivity contribution < 1.29 is 9.53 Å². The summed E-state index contributed by atoms with van der Waals surface area (Å²) >= 11 is 3.21. The minimum Gasteiger partial charge on any atom is -0.497 e. The Hall–Kier alpha value is -1.29. The molecule has 0 unspecified atom stereocenters. The maximum absolute atomic E-state index is 11.6. The normalized spacial score (nSPS) is 11.1. The fourth-order valence-corrected chi connectivity index (χ4v) is 1.56. The van der Waals surface area contributed by atoms with E-state index in [0.29, 0.717) is 4.48 Å². The summed E-state index contributed by atoms with van der Waals surface area (Å²) < 4.78 is 5.57. The Labute approximate surface area is 104 Å². The number of halogens is 1. The molecule has 4 heteroatoms. The van der Waals surface area contributed by atoms with Crippen molar-refractivity contribution >= 4 is 27.5 Å². The van der Waals surface area contributed by atoms with Crippen molar-refractivity contribution in [3.8, 4) is 5.75 Å². The van der Waals surface area contributed by atoms with E-state index in [1.54, 1.807) is 31.4 Å². The number of rotatable bonds is 4. The number of ether oxygens (including phenoxy) is 1. The molecule has 0 aliphatic rings. The lowest BCUT2D eigenvalue weighted by Crippen LogP contribution is -2.11. The number of hydrogen-bond donors (Lipinski definition) is 1. The predicted octanol–water partition coefficient (Wildman–Crippen LogP) is 3.32. The van der Waals surface area contributed by atoms with Gasteiger partial charge in [-0.1, -0.05) is 13.0 Å². The molecule has 1 aromatic carbocycles. The highest BCUT2D eigenvalue weighted by molar-refractivity contribution is 9.12. The van der Waals surface area contributed by atoms with Crippen molar-refractivity contribution in [2.24, 2.45) is 0 Å². The molecule has 86 valence electrons. The van der Waals surface area contributed by atoms with E-state index in [1.165, 1.54) is 0 Å². The summed E-state index contributed by atoms with van der Waals surface area (Å²) in [5, 5.41) is 2.77. The lowest BCUT2D eigenvalue weighted by molar-refractivity contribution is -0.112. The summed E-state index contributed by atoms with van der Waals surface area (Å²) in [5.74, 6) is 0.619. The fraction of sp³-hybridized carbons (Fsp3) is 0.250. The third kappa shape index (κ3) is 3.70. The van der Waals surface area contributed by atoms with Gasteiger partial charge in [0, 0.05) is 5.69 Å². The Morgan fingerprint density at radius 3 is 2.56 bits per heavy atom. The van der Waals surface area contributed by atoms with Crippen LogP contribution in [0.25, 0.3) is 0 Å². The average Bonchev–Trinajstić information content (AvgIpc) is 2.30. The van der Waals surface area contributed by atoms with Gasteiger partial charge in [-0.2, -0.15) is 0 Å². The monoisotopic (exact) mass is 283 g/mol. The van der Waals surface area contributed by atoms with Crippen LogP contribution < -0.4 is 10.1 Å². The molecule has 0 bridgehead atoms. The molecule has 16 heavy (non-hydrogen) atoms. The van der Waals surface area contributed by atoms with E-state index in [2.05, 4.69) is 21.2 Å². The number of carbonyl (C=O) groups excluding carboxylic acids is 1. The van der Waals surface area contributed by atoms with Crippen LogP contribution in [0.4, 0.5) is 5.69 Å². The molecule has 0 aliphatic heterocycles. The summed E-state index contributed by atoms with van der Waals surface area (Å²) in [6, 6.07) is 7.19. The second-order valence-electron chi connectivity index (χ2n) is 3.14. The van der Waals surface area contributed by atoms with Crippen LogP contribution >= 0.6 is 15.9 Å². The van der Waals surface area contributed by atoms with Crippen LogP contribution in [0, 0.1) is 0 Å². The molecule has 0 fully saturated rings. The summed E-state index contributed by atoms with van der Waals surface area (Å²) in [4.78, 5) is 11.6. The van der Waals surface area contributed by atoms with Crippen molar-refractivity contribution in [1.82, 2.24) is 0 Å². The summed E-state index contributed by atoms with van der Waals surface area (Å²) in [6.45, 7) is 1.97. The van der Waals surface area contributed by atoms with Crippen LogP contribution in [-0.2, 0) is 4.79 Å². The van der Waals surface area contributed by atoms with E-state index in [9.17, 15) is 4.79 Å². The number of anilines is 1. The van der Waals surface area contributed by atoms with E-state index in [4.69, 9.17) is 4.74 Å². The first-order chi connectivity index (χ1) is 7.67. The van der Waals surface area contributed by atoms with E-state index in [1.807, 2.05) is 13.0 Å². The zero-order valence-corrected chi connectivity index (χ0v) is 10.9.